The van der Waals surface area contributed by atoms with Crippen molar-refractivity contribution in [3.8, 4) is 0 Å². The van der Waals surface area contributed by atoms with Crippen molar-refractivity contribution in [3.63, 3.8) is 0 Å². The molecule has 3 saturated heterocycles. The summed E-state index contributed by atoms with van der Waals surface area (Å²) in [7, 11) is 0. The van der Waals surface area contributed by atoms with Gasteiger partial charge in [-0.1, -0.05) is 0 Å². The minimum atomic E-state index is -0.0777. The van der Waals surface area contributed by atoms with Gasteiger partial charge in [0.15, 0.2) is 5.58 Å². The van der Waals surface area contributed by atoms with Gasteiger partial charge in [0.25, 0.3) is 5.91 Å². The number of nitrogens with one attached hydrogen (secondary N) is 2. The third-order valence-corrected chi connectivity index (χ3v) is 6.11. The van der Waals surface area contributed by atoms with Crippen molar-refractivity contribution in [1.82, 2.24) is 15.2 Å². The van der Waals surface area contributed by atoms with Crippen LogP contribution in [-0.4, -0.2) is 47.0 Å². The zero-order valence-corrected chi connectivity index (χ0v) is 14.5. The van der Waals surface area contributed by atoms with Gasteiger partial charge < -0.3 is 15.1 Å². The van der Waals surface area contributed by atoms with Crippen molar-refractivity contribution in [2.45, 2.75) is 50.7 Å². The lowest BCUT2D eigenvalue weighted by atomic mass is 9.79. The van der Waals surface area contributed by atoms with Crippen LogP contribution in [0.2, 0.25) is 0 Å². The first-order valence-electron chi connectivity index (χ1n) is 9.38. The summed E-state index contributed by atoms with van der Waals surface area (Å²) >= 11 is 0. The van der Waals surface area contributed by atoms with Crippen LogP contribution in [0.5, 0.6) is 0 Å². The maximum absolute atomic E-state index is 12.8. The third kappa shape index (κ3) is 2.68. The van der Waals surface area contributed by atoms with Gasteiger partial charge in [-0.15, -0.1) is 0 Å². The van der Waals surface area contributed by atoms with Crippen LogP contribution in [0, 0.1) is 5.92 Å². The molecular weight excluding hydrogens is 316 g/mol. The molecule has 2 atom stereocenters. The van der Waals surface area contributed by atoms with Crippen LogP contribution in [0.15, 0.2) is 22.9 Å². The average molecular weight is 340 g/mol. The highest BCUT2D eigenvalue weighted by atomic mass is 16.3. The number of anilines is 1. The van der Waals surface area contributed by atoms with Gasteiger partial charge in [0.2, 0.25) is 0 Å². The topological polar surface area (TPSA) is 70.4 Å². The molecule has 4 aliphatic rings. The predicted octanol–water partition coefficient (Wildman–Crippen LogP) is 2.61. The number of hydrogen-bond acceptors (Lipinski definition) is 5. The van der Waals surface area contributed by atoms with E-state index < -0.39 is 0 Å². The summed E-state index contributed by atoms with van der Waals surface area (Å²) in [6.45, 7) is 4.54. The van der Waals surface area contributed by atoms with Gasteiger partial charge in [0.1, 0.15) is 12.0 Å². The zero-order chi connectivity index (χ0) is 17.0. The summed E-state index contributed by atoms with van der Waals surface area (Å²) in [5.74, 6) is 0.514. The fraction of sp³-hybridized carbons (Fsp3) is 0.579. The number of piperidine rings is 3. The molecule has 132 valence electrons. The highest BCUT2D eigenvalue weighted by molar-refractivity contribution is 5.99. The molecule has 6 rings (SSSR count). The van der Waals surface area contributed by atoms with E-state index in [0.29, 0.717) is 23.7 Å². The number of carbonyl (C=O) groups is 1. The normalized spacial score (nSPS) is 31.2. The molecule has 1 amide bonds. The first-order chi connectivity index (χ1) is 12.2. The van der Waals surface area contributed by atoms with Crippen molar-refractivity contribution in [1.29, 1.82) is 0 Å². The summed E-state index contributed by atoms with van der Waals surface area (Å²) in [6, 6.07) is 3.02. The van der Waals surface area contributed by atoms with Crippen LogP contribution < -0.4 is 10.6 Å². The molecule has 3 aliphatic heterocycles. The third-order valence-electron chi connectivity index (χ3n) is 6.11. The van der Waals surface area contributed by atoms with Gasteiger partial charge >= 0.3 is 0 Å². The second-order valence-electron chi connectivity index (χ2n) is 7.75. The number of fused-ring (bicyclic) bond motifs is 4. The highest BCUT2D eigenvalue weighted by Crippen LogP contribution is 2.33. The number of carbonyl (C=O) groups excluding carboxylic acids is 1. The molecule has 2 bridgehead atoms. The van der Waals surface area contributed by atoms with Gasteiger partial charge in [0.05, 0.1) is 11.9 Å². The zero-order valence-electron chi connectivity index (χ0n) is 14.5. The number of aromatic nitrogens is 1. The van der Waals surface area contributed by atoms with Crippen molar-refractivity contribution in [2.75, 3.05) is 18.4 Å². The van der Waals surface area contributed by atoms with Crippen LogP contribution in [0.4, 0.5) is 5.69 Å². The lowest BCUT2D eigenvalue weighted by molar-refractivity contribution is 0.0216. The number of furan rings is 1. The molecule has 6 heteroatoms. The molecule has 2 aromatic rings. The Morgan fingerprint density at radius 3 is 2.80 bits per heavy atom. The molecule has 1 saturated carbocycles. The van der Waals surface area contributed by atoms with Gasteiger partial charge in [-0.25, -0.2) is 4.98 Å². The van der Waals surface area contributed by atoms with Crippen molar-refractivity contribution in [3.05, 3.63) is 24.2 Å². The van der Waals surface area contributed by atoms with Crippen LogP contribution in [0.3, 0.4) is 0 Å². The molecular formula is C19H24N4O2. The summed E-state index contributed by atoms with van der Waals surface area (Å²) in [4.78, 5) is 19.6. The Morgan fingerprint density at radius 1 is 1.28 bits per heavy atom. The van der Waals surface area contributed by atoms with Crippen molar-refractivity contribution in [2.24, 2.45) is 5.92 Å². The van der Waals surface area contributed by atoms with E-state index in [-0.39, 0.29) is 11.9 Å². The molecule has 25 heavy (non-hydrogen) atoms. The molecule has 4 fully saturated rings. The number of hydrogen-bond donors (Lipinski definition) is 2. The van der Waals surface area contributed by atoms with Crippen molar-refractivity contribution < 1.29 is 9.21 Å². The quantitative estimate of drug-likeness (QED) is 0.895. The molecule has 0 aromatic carbocycles. The number of pyridine rings is 1. The Morgan fingerprint density at radius 2 is 2.08 bits per heavy atom. The Bertz CT molecular complexity index is 803. The van der Waals surface area contributed by atoms with E-state index in [1.54, 1.807) is 12.5 Å². The fourth-order valence-corrected chi connectivity index (χ4v) is 4.39. The molecule has 0 unspecified atom stereocenters. The summed E-state index contributed by atoms with van der Waals surface area (Å²) in [5, 5.41) is 7.65. The Balaban J connectivity index is 1.37. The average Bonchev–Trinajstić information content (AvgIpc) is 3.37. The van der Waals surface area contributed by atoms with E-state index in [9.17, 15) is 4.79 Å². The lowest BCUT2D eigenvalue weighted by Gasteiger charge is -2.49. The molecule has 5 heterocycles. The summed E-state index contributed by atoms with van der Waals surface area (Å²) in [5.41, 5.74) is 2.15. The minimum absolute atomic E-state index is 0.0777. The van der Waals surface area contributed by atoms with E-state index in [1.165, 1.54) is 25.7 Å². The number of amides is 1. The molecule has 6 nitrogen and oxygen atoms in total. The van der Waals surface area contributed by atoms with E-state index in [0.717, 1.165) is 29.7 Å². The van der Waals surface area contributed by atoms with Gasteiger partial charge in [-0.2, -0.15) is 0 Å². The second-order valence-corrected chi connectivity index (χ2v) is 7.75. The Hall–Kier alpha value is -2.08. The minimum Gasteiger partial charge on any atom is -0.460 e. The summed E-state index contributed by atoms with van der Waals surface area (Å²) in [6.07, 6.45) is 8.13. The maximum atomic E-state index is 12.8. The monoisotopic (exact) mass is 340 g/mol. The number of nitrogens with zero attached hydrogens (tertiary/aromatic N) is 2. The summed E-state index contributed by atoms with van der Waals surface area (Å²) < 4.78 is 5.56. The Labute approximate surface area is 147 Å². The smallest absolute Gasteiger partial charge is 0.270 e. The largest absolute Gasteiger partial charge is 0.460 e. The second kappa shape index (κ2) is 5.73. The van der Waals surface area contributed by atoms with Crippen LogP contribution in [0.1, 0.15) is 43.1 Å². The maximum Gasteiger partial charge on any atom is 0.270 e. The molecule has 2 N–H and O–H groups in total. The van der Waals surface area contributed by atoms with Crippen LogP contribution >= 0.6 is 0 Å². The standard InChI is InChI=1S/C19H24N4O2/c1-11-18(12-4-6-23(11)7-5-12)22-19(24)15-8-14-16(21-13-2-3-13)10-25-17(14)9-20-15/h8-13,18,21H,2-7H2,1H3,(H,22,24)/t11-,18+/m1/s1. The fourth-order valence-electron chi connectivity index (χ4n) is 4.39. The van der Waals surface area contributed by atoms with Gasteiger partial charge in [0, 0.05) is 23.5 Å². The van der Waals surface area contributed by atoms with Crippen LogP contribution in [0.25, 0.3) is 11.0 Å². The van der Waals surface area contributed by atoms with Crippen molar-refractivity contribution >= 4 is 22.6 Å². The predicted molar refractivity (Wildman–Crippen MR) is 95.7 cm³/mol. The molecule has 0 spiro atoms. The van der Waals surface area contributed by atoms with Gasteiger partial charge in [-0.05, 0) is 57.7 Å². The lowest BCUT2D eigenvalue weighted by Crippen LogP contribution is -2.62. The van der Waals surface area contributed by atoms with Gasteiger partial charge in [-0.3, -0.25) is 9.69 Å². The molecule has 0 radical (unpaired) electrons. The SMILES string of the molecule is C[C@@H]1[C@H](NC(=O)c2cc3c(NC4CC4)coc3cn2)C2CCN1CC2. The van der Waals surface area contributed by atoms with Crippen LogP contribution in [-0.2, 0) is 0 Å². The number of rotatable bonds is 4. The molecule has 1 aliphatic carbocycles. The van der Waals surface area contributed by atoms with E-state index in [4.69, 9.17) is 4.42 Å². The highest BCUT2D eigenvalue weighted by Gasteiger charge is 2.40. The molecule has 2 aromatic heterocycles. The first kappa shape index (κ1) is 15.2. The van der Waals surface area contributed by atoms with E-state index in [1.807, 2.05) is 6.07 Å². The van der Waals surface area contributed by atoms with E-state index in [2.05, 4.69) is 27.4 Å². The first-order valence-corrected chi connectivity index (χ1v) is 9.38. The Kier molecular flexibility index (Phi) is 3.48. The van der Waals surface area contributed by atoms with E-state index >= 15 is 0 Å².